The third kappa shape index (κ3) is 2.55. The normalized spacial score (nSPS) is 23.0. The summed E-state index contributed by atoms with van der Waals surface area (Å²) in [6, 6.07) is 0.410. The highest BCUT2D eigenvalue weighted by molar-refractivity contribution is 4.99. The summed E-state index contributed by atoms with van der Waals surface area (Å²) in [6.07, 6.45) is 6.31. The van der Waals surface area contributed by atoms with Gasteiger partial charge >= 0.3 is 0 Å². The van der Waals surface area contributed by atoms with Gasteiger partial charge in [-0.15, -0.1) is 6.58 Å². The average Bonchev–Trinajstić information content (AvgIpc) is 2.48. The molecule has 1 fully saturated rings. The molecule has 76 valence electrons. The van der Waals surface area contributed by atoms with Gasteiger partial charge < -0.3 is 0 Å². The van der Waals surface area contributed by atoms with Crippen LogP contribution in [0.25, 0.3) is 0 Å². The third-order valence-electron chi connectivity index (χ3n) is 3.34. The summed E-state index contributed by atoms with van der Waals surface area (Å²) in [6.45, 7) is 8.36. The molecule has 1 atom stereocenters. The van der Waals surface area contributed by atoms with Crippen molar-refractivity contribution in [3.05, 3.63) is 12.2 Å². The summed E-state index contributed by atoms with van der Waals surface area (Å²) in [5.41, 5.74) is 4.57. The van der Waals surface area contributed by atoms with Crippen LogP contribution in [0.15, 0.2) is 12.2 Å². The van der Waals surface area contributed by atoms with Gasteiger partial charge in [0.05, 0.1) is 0 Å². The van der Waals surface area contributed by atoms with Gasteiger partial charge in [-0.25, -0.2) is 0 Å². The van der Waals surface area contributed by atoms with Gasteiger partial charge in [-0.2, -0.15) is 0 Å². The standard InChI is InChI=1S/C11H22N2/c1-9(2)8-10(13-12)11(3)6-4-5-7-11/h10,13H,1,4-8,12H2,2-3H3. The predicted octanol–water partition coefficient (Wildman–Crippen LogP) is 2.36. The van der Waals surface area contributed by atoms with E-state index in [9.17, 15) is 0 Å². The molecule has 2 nitrogen and oxygen atoms in total. The zero-order valence-electron chi connectivity index (χ0n) is 8.90. The van der Waals surface area contributed by atoms with E-state index in [1.807, 2.05) is 0 Å². The number of rotatable bonds is 4. The van der Waals surface area contributed by atoms with E-state index >= 15 is 0 Å². The van der Waals surface area contributed by atoms with Crippen LogP contribution in [0.1, 0.15) is 46.0 Å². The fourth-order valence-corrected chi connectivity index (χ4v) is 2.39. The van der Waals surface area contributed by atoms with Crippen molar-refractivity contribution in [2.75, 3.05) is 0 Å². The maximum atomic E-state index is 5.59. The van der Waals surface area contributed by atoms with Crippen molar-refractivity contribution in [1.29, 1.82) is 0 Å². The summed E-state index contributed by atoms with van der Waals surface area (Å²) in [7, 11) is 0. The molecule has 1 rings (SSSR count). The Morgan fingerprint density at radius 3 is 2.46 bits per heavy atom. The van der Waals surface area contributed by atoms with E-state index in [4.69, 9.17) is 5.84 Å². The predicted molar refractivity (Wildman–Crippen MR) is 57.1 cm³/mol. The van der Waals surface area contributed by atoms with E-state index in [0.29, 0.717) is 11.5 Å². The molecule has 0 spiro atoms. The lowest BCUT2D eigenvalue weighted by Crippen LogP contribution is -2.46. The van der Waals surface area contributed by atoms with Crippen LogP contribution in [0.3, 0.4) is 0 Å². The van der Waals surface area contributed by atoms with Crippen LogP contribution in [0.4, 0.5) is 0 Å². The van der Waals surface area contributed by atoms with Crippen molar-refractivity contribution in [1.82, 2.24) is 5.43 Å². The van der Waals surface area contributed by atoms with Crippen molar-refractivity contribution in [3.8, 4) is 0 Å². The second-order valence-corrected chi connectivity index (χ2v) is 4.74. The van der Waals surface area contributed by atoms with Crippen LogP contribution in [-0.4, -0.2) is 6.04 Å². The Bertz CT molecular complexity index is 181. The van der Waals surface area contributed by atoms with Gasteiger partial charge in [-0.05, 0) is 31.6 Å². The summed E-state index contributed by atoms with van der Waals surface area (Å²) in [5, 5.41) is 0. The summed E-state index contributed by atoms with van der Waals surface area (Å²) < 4.78 is 0. The molecule has 0 saturated heterocycles. The Hall–Kier alpha value is -0.340. The zero-order valence-corrected chi connectivity index (χ0v) is 8.90. The van der Waals surface area contributed by atoms with Gasteiger partial charge in [0.15, 0.2) is 0 Å². The molecule has 0 aromatic rings. The number of hydrazine groups is 1. The van der Waals surface area contributed by atoms with Crippen LogP contribution in [0, 0.1) is 5.41 Å². The Morgan fingerprint density at radius 1 is 1.54 bits per heavy atom. The van der Waals surface area contributed by atoms with Crippen LogP contribution in [0.2, 0.25) is 0 Å². The zero-order chi connectivity index (χ0) is 9.90. The van der Waals surface area contributed by atoms with Crippen LogP contribution in [-0.2, 0) is 0 Å². The van der Waals surface area contributed by atoms with E-state index in [0.717, 1.165) is 6.42 Å². The largest absolute Gasteiger partial charge is 0.271 e. The fraction of sp³-hybridized carbons (Fsp3) is 0.818. The quantitative estimate of drug-likeness (QED) is 0.398. The molecule has 1 unspecified atom stereocenters. The molecule has 0 amide bonds. The Labute approximate surface area is 81.6 Å². The van der Waals surface area contributed by atoms with E-state index in [2.05, 4.69) is 25.9 Å². The molecular formula is C11H22N2. The highest BCUT2D eigenvalue weighted by atomic mass is 15.2. The van der Waals surface area contributed by atoms with Crippen LogP contribution < -0.4 is 11.3 Å². The molecule has 0 bridgehead atoms. The molecule has 13 heavy (non-hydrogen) atoms. The average molecular weight is 182 g/mol. The first-order chi connectivity index (χ1) is 6.08. The minimum absolute atomic E-state index is 0.397. The molecule has 0 radical (unpaired) electrons. The minimum Gasteiger partial charge on any atom is -0.271 e. The van der Waals surface area contributed by atoms with Gasteiger partial charge in [-0.1, -0.05) is 25.3 Å². The number of nitrogens with one attached hydrogen (secondary N) is 1. The Morgan fingerprint density at radius 2 is 2.08 bits per heavy atom. The van der Waals surface area contributed by atoms with Crippen LogP contribution >= 0.6 is 0 Å². The molecule has 1 aliphatic carbocycles. The summed E-state index contributed by atoms with van der Waals surface area (Å²) in [5.74, 6) is 5.59. The lowest BCUT2D eigenvalue weighted by molar-refractivity contribution is 0.221. The summed E-state index contributed by atoms with van der Waals surface area (Å²) >= 11 is 0. The van der Waals surface area contributed by atoms with Gasteiger partial charge in [0.1, 0.15) is 0 Å². The second-order valence-electron chi connectivity index (χ2n) is 4.74. The van der Waals surface area contributed by atoms with Gasteiger partial charge in [0.2, 0.25) is 0 Å². The molecule has 2 heteroatoms. The molecule has 1 saturated carbocycles. The lowest BCUT2D eigenvalue weighted by atomic mass is 9.78. The fourth-order valence-electron chi connectivity index (χ4n) is 2.39. The minimum atomic E-state index is 0.397. The first kappa shape index (κ1) is 10.7. The number of nitrogens with two attached hydrogens (primary N) is 1. The van der Waals surface area contributed by atoms with E-state index < -0.39 is 0 Å². The van der Waals surface area contributed by atoms with Crippen molar-refractivity contribution in [3.63, 3.8) is 0 Å². The highest BCUT2D eigenvalue weighted by Gasteiger charge is 2.35. The van der Waals surface area contributed by atoms with Crippen molar-refractivity contribution < 1.29 is 0 Å². The molecule has 0 heterocycles. The Kier molecular flexibility index (Phi) is 3.51. The molecular weight excluding hydrogens is 160 g/mol. The van der Waals surface area contributed by atoms with E-state index in [1.54, 1.807) is 0 Å². The van der Waals surface area contributed by atoms with Gasteiger partial charge in [-0.3, -0.25) is 11.3 Å². The highest BCUT2D eigenvalue weighted by Crippen LogP contribution is 2.41. The monoisotopic (exact) mass is 182 g/mol. The van der Waals surface area contributed by atoms with E-state index in [1.165, 1.54) is 31.3 Å². The maximum absolute atomic E-state index is 5.59. The van der Waals surface area contributed by atoms with Crippen molar-refractivity contribution in [2.45, 2.75) is 52.0 Å². The molecule has 0 aliphatic heterocycles. The first-order valence-corrected chi connectivity index (χ1v) is 5.19. The third-order valence-corrected chi connectivity index (χ3v) is 3.34. The first-order valence-electron chi connectivity index (χ1n) is 5.19. The maximum Gasteiger partial charge on any atom is 0.0301 e. The van der Waals surface area contributed by atoms with Gasteiger partial charge in [0, 0.05) is 6.04 Å². The lowest BCUT2D eigenvalue weighted by Gasteiger charge is -2.33. The summed E-state index contributed by atoms with van der Waals surface area (Å²) in [4.78, 5) is 0. The smallest absolute Gasteiger partial charge is 0.0301 e. The van der Waals surface area contributed by atoms with Gasteiger partial charge in [0.25, 0.3) is 0 Å². The van der Waals surface area contributed by atoms with Crippen LogP contribution in [0.5, 0.6) is 0 Å². The van der Waals surface area contributed by atoms with E-state index in [-0.39, 0.29) is 0 Å². The Balaban J connectivity index is 2.58. The SMILES string of the molecule is C=C(C)CC(NN)C1(C)CCCC1. The van der Waals surface area contributed by atoms with Crippen molar-refractivity contribution >= 4 is 0 Å². The number of hydrogen-bond donors (Lipinski definition) is 2. The second kappa shape index (κ2) is 4.25. The molecule has 0 aromatic heterocycles. The molecule has 1 aliphatic rings. The van der Waals surface area contributed by atoms with Crippen molar-refractivity contribution in [2.24, 2.45) is 11.3 Å². The number of hydrogen-bond acceptors (Lipinski definition) is 2. The molecule has 3 N–H and O–H groups in total. The molecule has 0 aromatic carbocycles. The topological polar surface area (TPSA) is 38.0 Å².